The van der Waals surface area contributed by atoms with Gasteiger partial charge in [-0.15, -0.1) is 106 Å². The summed E-state index contributed by atoms with van der Waals surface area (Å²) < 4.78 is 12.1. The maximum atomic E-state index is 12.1. The predicted molar refractivity (Wildman–Crippen MR) is 204 cm³/mol. The lowest BCUT2D eigenvalue weighted by molar-refractivity contribution is -0.109. The zero-order chi connectivity index (χ0) is 28.8. The van der Waals surface area contributed by atoms with Crippen molar-refractivity contribution in [3.63, 3.8) is 0 Å². The molecule has 0 bridgehead atoms. The molecule has 0 aromatic heterocycles. The first-order valence-electron chi connectivity index (χ1n) is 10.8. The van der Waals surface area contributed by atoms with E-state index in [4.69, 9.17) is 10.2 Å². The van der Waals surface area contributed by atoms with Crippen LogP contribution in [0.25, 0.3) is 0 Å². The SMILES string of the molecule is O=C(CSCSCC[S+]([O-])CSCSCSC(=O)CSCSCC(=O)SCSCSCO)SCSCSCO. The smallest absolute Gasteiger partial charge is 0.199 e. The van der Waals surface area contributed by atoms with Gasteiger partial charge >= 0.3 is 0 Å². The van der Waals surface area contributed by atoms with E-state index in [1.54, 1.807) is 70.6 Å². The zero-order valence-electron chi connectivity index (χ0n) is 21.1. The number of hydrogen-bond donors (Lipinski definition) is 2. The molecule has 1 unspecified atom stereocenters. The second-order valence-electron chi connectivity index (χ2n) is 6.19. The highest BCUT2D eigenvalue weighted by atomic mass is 32.3. The summed E-state index contributed by atoms with van der Waals surface area (Å²) in [7, 11) is 0. The Morgan fingerprint density at radius 1 is 0.513 bits per heavy atom. The molecule has 0 aromatic rings. The van der Waals surface area contributed by atoms with Gasteiger partial charge < -0.3 is 14.8 Å². The van der Waals surface area contributed by atoms with Crippen LogP contribution in [0.3, 0.4) is 0 Å². The molecule has 0 aliphatic heterocycles. The molecule has 0 aliphatic rings. The molecule has 1 atom stereocenters. The number of carbonyl (C=O) groups is 3. The lowest BCUT2D eigenvalue weighted by atomic mass is 10.9. The van der Waals surface area contributed by atoms with E-state index in [1.165, 1.54) is 82.3 Å². The minimum atomic E-state index is -0.860. The first-order chi connectivity index (χ1) is 19.0. The molecular weight excluding hydrogens is 773 g/mol. The molecule has 0 amide bonds. The molecule has 20 heteroatoms. The van der Waals surface area contributed by atoms with Gasteiger partial charge in [-0.1, -0.05) is 47.0 Å². The molecule has 39 heavy (non-hydrogen) atoms. The summed E-state index contributed by atoms with van der Waals surface area (Å²) >= 11 is 18.9. The monoisotopic (exact) mass is 806 g/mol. The van der Waals surface area contributed by atoms with E-state index in [0.29, 0.717) is 38.3 Å². The largest absolute Gasteiger partial charge is 0.616 e. The summed E-state index contributed by atoms with van der Waals surface area (Å²) in [5.74, 6) is 3.08. The Balaban J connectivity index is 3.41. The summed E-state index contributed by atoms with van der Waals surface area (Å²) in [5.41, 5.74) is 0. The van der Waals surface area contributed by atoms with Gasteiger partial charge in [-0.2, -0.15) is 0 Å². The second kappa shape index (κ2) is 34.7. The van der Waals surface area contributed by atoms with E-state index in [1.807, 2.05) is 0 Å². The fourth-order valence-electron chi connectivity index (χ4n) is 1.69. The van der Waals surface area contributed by atoms with Gasteiger partial charge in [-0.05, 0) is 11.2 Å². The van der Waals surface area contributed by atoms with Gasteiger partial charge in [0.05, 0.1) is 29.1 Å². The van der Waals surface area contributed by atoms with Crippen LogP contribution in [0.5, 0.6) is 0 Å². The van der Waals surface area contributed by atoms with Gasteiger partial charge in [0.15, 0.2) is 20.4 Å². The van der Waals surface area contributed by atoms with E-state index in [2.05, 4.69) is 0 Å². The number of aliphatic hydroxyl groups excluding tert-OH is 2. The third kappa shape index (κ3) is 34.5. The molecular formula is C19H34O6S14. The standard InChI is InChI=1S/C19H34O6S14/c20-6-30-10-32-13-36-17(22)3-27-8-26-1-2-39(25)16-35-12-34-15-38-19(24)5-29-9-28-4-18(23)37-14-33-11-31-7-21/h20-21H,1-16H2. The van der Waals surface area contributed by atoms with Crippen molar-refractivity contribution in [2.75, 3.05) is 86.4 Å². The van der Waals surface area contributed by atoms with E-state index in [9.17, 15) is 18.9 Å². The molecule has 0 saturated carbocycles. The molecule has 0 aliphatic carbocycles. The second-order valence-corrected chi connectivity index (χ2v) is 24.1. The fourth-order valence-corrected chi connectivity index (χ4v) is 16.9. The lowest BCUT2D eigenvalue weighted by Crippen LogP contribution is -2.11. The Morgan fingerprint density at radius 2 is 0.897 bits per heavy atom. The van der Waals surface area contributed by atoms with E-state index < -0.39 is 11.2 Å². The van der Waals surface area contributed by atoms with Crippen molar-refractivity contribution in [3.05, 3.63) is 0 Å². The number of rotatable bonds is 29. The quantitative estimate of drug-likeness (QED) is 0.0496. The molecule has 6 nitrogen and oxygen atoms in total. The molecule has 0 rings (SSSR count). The molecule has 230 valence electrons. The van der Waals surface area contributed by atoms with E-state index in [0.717, 1.165) is 36.3 Å². The Kier molecular flexibility index (Phi) is 38.0. The summed E-state index contributed by atoms with van der Waals surface area (Å²) in [6.45, 7) is 0. The minimum absolute atomic E-state index is 0.107. The Labute approximate surface area is 291 Å². The van der Waals surface area contributed by atoms with Gasteiger partial charge in [0.1, 0.15) is 5.75 Å². The first kappa shape index (κ1) is 42.8. The first-order valence-corrected chi connectivity index (χ1v) is 26.8. The van der Waals surface area contributed by atoms with Gasteiger partial charge in [0.25, 0.3) is 0 Å². The predicted octanol–water partition coefficient (Wildman–Crippen LogP) is 6.36. The highest BCUT2D eigenvalue weighted by Gasteiger charge is 2.09. The lowest BCUT2D eigenvalue weighted by Gasteiger charge is -2.10. The average Bonchev–Trinajstić information content (AvgIpc) is 2.92. The highest BCUT2D eigenvalue weighted by Crippen LogP contribution is 2.24. The van der Waals surface area contributed by atoms with Gasteiger partial charge in [0, 0.05) is 46.4 Å². The van der Waals surface area contributed by atoms with Gasteiger partial charge in [-0.3, -0.25) is 14.4 Å². The number of aliphatic hydroxyl groups is 2. The van der Waals surface area contributed by atoms with Crippen molar-refractivity contribution < 1.29 is 29.1 Å². The van der Waals surface area contributed by atoms with Gasteiger partial charge in [0.2, 0.25) is 0 Å². The van der Waals surface area contributed by atoms with Crippen molar-refractivity contribution in [1.82, 2.24) is 0 Å². The normalized spacial score (nSPS) is 12.1. The fraction of sp³-hybridized carbons (Fsp3) is 0.842. The summed E-state index contributed by atoms with van der Waals surface area (Å²) in [4.78, 5) is 35.5. The van der Waals surface area contributed by atoms with E-state index >= 15 is 0 Å². The van der Waals surface area contributed by atoms with Crippen molar-refractivity contribution >= 4 is 179 Å². The minimum Gasteiger partial charge on any atom is -0.616 e. The van der Waals surface area contributed by atoms with Gasteiger partial charge in [-0.25, -0.2) is 0 Å². The van der Waals surface area contributed by atoms with Crippen LogP contribution in [0.4, 0.5) is 0 Å². The summed E-state index contributed by atoms with van der Waals surface area (Å²) in [6.07, 6.45) is 0. The number of carbonyl (C=O) groups excluding carboxylic acids is 3. The van der Waals surface area contributed by atoms with Crippen molar-refractivity contribution in [3.8, 4) is 0 Å². The Morgan fingerprint density at radius 3 is 1.33 bits per heavy atom. The average molecular weight is 807 g/mol. The topological polar surface area (TPSA) is 115 Å². The number of thioether (sulfide) groups is 13. The zero-order valence-corrected chi connectivity index (χ0v) is 32.5. The molecule has 0 saturated heterocycles. The van der Waals surface area contributed by atoms with Crippen molar-refractivity contribution in [2.24, 2.45) is 0 Å². The molecule has 2 N–H and O–H groups in total. The Hall–Kier alpha value is 3.79. The molecule has 0 spiro atoms. The molecule has 0 fully saturated rings. The molecule has 0 heterocycles. The summed E-state index contributed by atoms with van der Waals surface area (Å²) in [6, 6.07) is 0. The van der Waals surface area contributed by atoms with Crippen LogP contribution in [-0.2, 0) is 25.6 Å². The summed E-state index contributed by atoms with van der Waals surface area (Å²) in [5, 5.41) is 24.5. The van der Waals surface area contributed by atoms with Crippen LogP contribution in [0, 0.1) is 0 Å². The molecule has 0 radical (unpaired) electrons. The van der Waals surface area contributed by atoms with Crippen LogP contribution >= 0.6 is 153 Å². The van der Waals surface area contributed by atoms with Crippen LogP contribution in [-0.4, -0.2) is 117 Å². The maximum Gasteiger partial charge on any atom is 0.199 e. The van der Waals surface area contributed by atoms with Crippen LogP contribution in [0.2, 0.25) is 0 Å². The van der Waals surface area contributed by atoms with Crippen molar-refractivity contribution in [1.29, 1.82) is 0 Å². The third-order valence-corrected chi connectivity index (χ3v) is 20.2. The van der Waals surface area contributed by atoms with Crippen LogP contribution in [0.1, 0.15) is 0 Å². The number of hydrogen-bond acceptors (Lipinski definition) is 19. The van der Waals surface area contributed by atoms with Crippen LogP contribution < -0.4 is 0 Å². The van der Waals surface area contributed by atoms with E-state index in [-0.39, 0.29) is 27.2 Å². The van der Waals surface area contributed by atoms with Crippen molar-refractivity contribution in [2.45, 2.75) is 0 Å². The third-order valence-electron chi connectivity index (χ3n) is 3.26. The molecule has 0 aromatic carbocycles. The maximum absolute atomic E-state index is 12.1. The highest BCUT2D eigenvalue weighted by molar-refractivity contribution is 8.30. The Bertz CT molecular complexity index is 609. The van der Waals surface area contributed by atoms with Crippen LogP contribution in [0.15, 0.2) is 0 Å².